The van der Waals surface area contributed by atoms with Crippen molar-refractivity contribution in [3.8, 4) is 23.8 Å². The van der Waals surface area contributed by atoms with Crippen LogP contribution in [0.25, 0.3) is 0 Å². The molecule has 0 spiro atoms. The summed E-state index contributed by atoms with van der Waals surface area (Å²) < 4.78 is 10.8. The van der Waals surface area contributed by atoms with E-state index in [9.17, 15) is 14.4 Å². The van der Waals surface area contributed by atoms with Gasteiger partial charge in [0.05, 0.1) is 16.2 Å². The average molecular weight is 340 g/mol. The number of hydrogen-bond acceptors (Lipinski definition) is 5. The zero-order chi connectivity index (χ0) is 18.5. The first-order valence-electron chi connectivity index (χ1n) is 8.18. The number of carbonyl (C=O) groups excluding carboxylic acids is 3. The molecule has 5 nitrogen and oxygen atoms in total. The highest BCUT2D eigenvalue weighted by molar-refractivity contribution is 6.45. The molecule has 0 N–H and O–H groups in total. The molecule has 2 aliphatic carbocycles. The van der Waals surface area contributed by atoms with E-state index in [1.54, 1.807) is 45.0 Å². The van der Waals surface area contributed by atoms with Gasteiger partial charge in [-0.2, -0.15) is 0 Å². The van der Waals surface area contributed by atoms with Crippen molar-refractivity contribution in [3.63, 3.8) is 0 Å². The Morgan fingerprint density at radius 1 is 1.04 bits per heavy atom. The van der Waals surface area contributed by atoms with Gasteiger partial charge in [-0.15, -0.1) is 6.42 Å². The summed E-state index contributed by atoms with van der Waals surface area (Å²) >= 11 is 0. The van der Waals surface area contributed by atoms with E-state index < -0.39 is 33.8 Å². The molecule has 2 fully saturated rings. The van der Waals surface area contributed by atoms with Gasteiger partial charge in [-0.3, -0.25) is 14.4 Å². The minimum atomic E-state index is -1.17. The Labute approximate surface area is 146 Å². The van der Waals surface area contributed by atoms with Crippen molar-refractivity contribution < 1.29 is 23.9 Å². The Kier molecular flexibility index (Phi) is 3.75. The molecule has 0 radical (unpaired) electrons. The Balaban J connectivity index is 1.85. The third kappa shape index (κ3) is 2.07. The largest absolute Gasteiger partial charge is 0.481 e. The summed E-state index contributed by atoms with van der Waals surface area (Å²) in [5.74, 6) is 1.79. The van der Waals surface area contributed by atoms with Gasteiger partial charge < -0.3 is 9.47 Å². The fourth-order valence-corrected chi connectivity index (χ4v) is 4.18. The fourth-order valence-electron chi connectivity index (χ4n) is 4.18. The zero-order valence-corrected chi connectivity index (χ0v) is 14.5. The van der Waals surface area contributed by atoms with Crippen LogP contribution in [0, 0.1) is 28.6 Å². The van der Waals surface area contributed by atoms with E-state index in [1.807, 2.05) is 0 Å². The number of ether oxygens (including phenoxy) is 2. The van der Waals surface area contributed by atoms with Crippen LogP contribution in [-0.2, 0) is 14.4 Å². The van der Waals surface area contributed by atoms with Crippen LogP contribution in [0.1, 0.15) is 33.6 Å². The SMILES string of the molecule is C#CCOc1ccc(OC(=O)C2(C)C3(C)CCC2(C)C(=O)C3=O)cc1. The summed E-state index contributed by atoms with van der Waals surface area (Å²) in [6.07, 6.45) is 6.16. The number of Topliss-reactive ketones (excluding diaryl/α,β-unsaturated/α-hetero) is 2. The van der Waals surface area contributed by atoms with Gasteiger partial charge in [0.25, 0.3) is 0 Å². The van der Waals surface area contributed by atoms with Crippen molar-refractivity contribution in [1.82, 2.24) is 0 Å². The summed E-state index contributed by atoms with van der Waals surface area (Å²) in [4.78, 5) is 37.8. The highest BCUT2D eigenvalue weighted by Gasteiger charge is 2.78. The van der Waals surface area contributed by atoms with Crippen LogP contribution in [0.5, 0.6) is 11.5 Å². The van der Waals surface area contributed by atoms with E-state index in [0.29, 0.717) is 24.3 Å². The van der Waals surface area contributed by atoms with E-state index in [2.05, 4.69) is 5.92 Å². The predicted octanol–water partition coefficient (Wildman–Crippen LogP) is 2.57. The number of rotatable bonds is 4. The molecule has 2 aliphatic rings. The molecule has 2 unspecified atom stereocenters. The molecule has 2 atom stereocenters. The second kappa shape index (κ2) is 5.45. The number of fused-ring (bicyclic) bond motifs is 2. The lowest BCUT2D eigenvalue weighted by Crippen LogP contribution is -2.47. The van der Waals surface area contributed by atoms with E-state index in [4.69, 9.17) is 15.9 Å². The van der Waals surface area contributed by atoms with E-state index in [-0.39, 0.29) is 6.61 Å². The van der Waals surface area contributed by atoms with Gasteiger partial charge in [0.2, 0.25) is 11.6 Å². The molecule has 2 bridgehead atoms. The van der Waals surface area contributed by atoms with Crippen molar-refractivity contribution >= 4 is 17.5 Å². The summed E-state index contributed by atoms with van der Waals surface area (Å²) in [5, 5.41) is 0. The van der Waals surface area contributed by atoms with Gasteiger partial charge in [0.1, 0.15) is 18.1 Å². The minimum Gasteiger partial charge on any atom is -0.481 e. The van der Waals surface area contributed by atoms with Gasteiger partial charge in [-0.05, 0) is 44.0 Å². The molecule has 0 aromatic heterocycles. The van der Waals surface area contributed by atoms with Crippen molar-refractivity contribution in [2.75, 3.05) is 6.61 Å². The standard InChI is InChI=1S/C20H20O5/c1-5-12-24-13-6-8-14(9-7-13)25-17(23)20(4)18(2)10-11-19(20,3)16(22)15(18)21/h1,6-9H,10-12H2,2-4H3. The lowest BCUT2D eigenvalue weighted by atomic mass is 9.64. The molecule has 0 amide bonds. The fraction of sp³-hybridized carbons (Fsp3) is 0.450. The van der Waals surface area contributed by atoms with Crippen molar-refractivity contribution in [2.24, 2.45) is 16.2 Å². The van der Waals surface area contributed by atoms with Gasteiger partial charge in [0.15, 0.2) is 0 Å². The quantitative estimate of drug-likeness (QED) is 0.365. The second-order valence-corrected chi connectivity index (χ2v) is 7.30. The molecule has 0 aliphatic heterocycles. The van der Waals surface area contributed by atoms with Crippen molar-refractivity contribution in [2.45, 2.75) is 33.6 Å². The van der Waals surface area contributed by atoms with Crippen LogP contribution in [0.15, 0.2) is 24.3 Å². The van der Waals surface area contributed by atoms with Gasteiger partial charge in [-0.1, -0.05) is 19.8 Å². The third-order valence-electron chi connectivity index (χ3n) is 6.31. The number of benzene rings is 1. The van der Waals surface area contributed by atoms with E-state index >= 15 is 0 Å². The highest BCUT2D eigenvalue weighted by Crippen LogP contribution is 2.69. The summed E-state index contributed by atoms with van der Waals surface area (Å²) in [7, 11) is 0. The predicted molar refractivity (Wildman–Crippen MR) is 90.0 cm³/mol. The molecule has 0 heterocycles. The molecule has 0 saturated heterocycles. The molecule has 25 heavy (non-hydrogen) atoms. The number of esters is 1. The first-order chi connectivity index (χ1) is 11.7. The summed E-state index contributed by atoms with van der Waals surface area (Å²) in [6, 6.07) is 6.48. The maximum atomic E-state index is 13.0. The van der Waals surface area contributed by atoms with Crippen LogP contribution in [0.3, 0.4) is 0 Å². The number of terminal acetylenes is 1. The molecule has 3 rings (SSSR count). The van der Waals surface area contributed by atoms with Crippen LogP contribution >= 0.6 is 0 Å². The Hall–Kier alpha value is -2.61. The van der Waals surface area contributed by atoms with Gasteiger partial charge in [0, 0.05) is 0 Å². The average Bonchev–Trinajstić information content (AvgIpc) is 2.88. The molecular weight excluding hydrogens is 320 g/mol. The third-order valence-corrected chi connectivity index (χ3v) is 6.31. The van der Waals surface area contributed by atoms with Crippen molar-refractivity contribution in [3.05, 3.63) is 24.3 Å². The van der Waals surface area contributed by atoms with Crippen LogP contribution in [0.2, 0.25) is 0 Å². The molecule has 1 aromatic carbocycles. The lowest BCUT2D eigenvalue weighted by Gasteiger charge is -2.36. The van der Waals surface area contributed by atoms with Crippen LogP contribution in [0.4, 0.5) is 0 Å². The molecular formula is C20H20O5. The number of ketones is 2. The molecule has 1 aromatic rings. The zero-order valence-electron chi connectivity index (χ0n) is 14.5. The smallest absolute Gasteiger partial charge is 0.319 e. The highest BCUT2D eigenvalue weighted by atomic mass is 16.5. The Bertz CT molecular complexity index is 772. The van der Waals surface area contributed by atoms with Crippen LogP contribution in [-0.4, -0.2) is 24.1 Å². The van der Waals surface area contributed by atoms with Crippen molar-refractivity contribution in [1.29, 1.82) is 0 Å². The lowest BCUT2D eigenvalue weighted by molar-refractivity contribution is -0.157. The van der Waals surface area contributed by atoms with Gasteiger partial charge in [-0.25, -0.2) is 0 Å². The monoisotopic (exact) mass is 340 g/mol. The Morgan fingerprint density at radius 3 is 2.00 bits per heavy atom. The van der Waals surface area contributed by atoms with Crippen LogP contribution < -0.4 is 9.47 Å². The normalized spacial score (nSPS) is 33.2. The number of hydrogen-bond donors (Lipinski definition) is 0. The molecule has 130 valence electrons. The van der Waals surface area contributed by atoms with Gasteiger partial charge >= 0.3 is 5.97 Å². The molecule has 5 heteroatoms. The second-order valence-electron chi connectivity index (χ2n) is 7.30. The summed E-state index contributed by atoms with van der Waals surface area (Å²) in [5.41, 5.74) is -3.19. The maximum absolute atomic E-state index is 13.0. The minimum absolute atomic E-state index is 0.151. The molecule has 2 saturated carbocycles. The maximum Gasteiger partial charge on any atom is 0.319 e. The Morgan fingerprint density at radius 2 is 1.52 bits per heavy atom. The van der Waals surface area contributed by atoms with E-state index in [1.165, 1.54) is 0 Å². The topological polar surface area (TPSA) is 69.7 Å². The number of carbonyl (C=O) groups is 3. The first kappa shape index (κ1) is 17.2. The summed E-state index contributed by atoms with van der Waals surface area (Å²) in [6.45, 7) is 5.22. The van der Waals surface area contributed by atoms with E-state index in [0.717, 1.165) is 0 Å². The first-order valence-corrected chi connectivity index (χ1v) is 8.18.